The summed E-state index contributed by atoms with van der Waals surface area (Å²) in [5.74, 6) is -0.982. The Morgan fingerprint density at radius 2 is 1.50 bits per heavy atom. The lowest BCUT2D eigenvalue weighted by atomic mass is 10.1. The molecule has 9 N–H and O–H groups in total. The average molecular weight is 272 g/mol. The molecule has 104 valence electrons. The van der Waals surface area contributed by atoms with Crippen molar-refractivity contribution in [2.45, 2.75) is 0 Å². The number of aliphatic imine (C=N–C) groups is 1. The van der Waals surface area contributed by atoms with Crippen LogP contribution in [0.5, 0.6) is 0 Å². The molecule has 0 aromatic heterocycles. The second-order valence-electron chi connectivity index (χ2n) is 3.86. The van der Waals surface area contributed by atoms with Gasteiger partial charge in [-0.15, -0.1) is 0 Å². The third-order valence-corrected chi connectivity index (χ3v) is 2.23. The summed E-state index contributed by atoms with van der Waals surface area (Å²) >= 11 is 0. The fourth-order valence-electron chi connectivity index (χ4n) is 1.50. The van der Waals surface area contributed by atoms with Gasteiger partial charge in [0.1, 0.15) is 0 Å². The first-order valence-electron chi connectivity index (χ1n) is 5.62. The number of nitrogens with zero attached hydrogens (tertiary/aromatic N) is 1. The molecule has 0 saturated heterocycles. The normalized spacial score (nSPS) is 9.20. The Kier molecular flexibility index (Phi) is 5.04. The van der Waals surface area contributed by atoms with Crippen molar-refractivity contribution >= 4 is 28.6 Å². The number of guanidine groups is 2. The molecule has 2 rings (SSSR count). The third-order valence-electron chi connectivity index (χ3n) is 2.23. The highest BCUT2D eigenvalue weighted by atomic mass is 16.1. The molecule has 0 saturated carbocycles. The maximum absolute atomic E-state index is 11.6. The molecule has 0 atom stereocenters. The van der Waals surface area contributed by atoms with Crippen LogP contribution in [0.1, 0.15) is 10.4 Å². The topological polar surface area (TPSA) is 157 Å². The minimum Gasteiger partial charge on any atom is -0.370 e. The minimum absolute atomic E-state index is 0.224. The van der Waals surface area contributed by atoms with Crippen LogP contribution in [0.25, 0.3) is 10.8 Å². The molecule has 20 heavy (non-hydrogen) atoms. The van der Waals surface area contributed by atoms with E-state index in [2.05, 4.69) is 16.5 Å². The van der Waals surface area contributed by atoms with Crippen molar-refractivity contribution in [1.82, 2.24) is 0 Å². The molecular formula is C13H16N6O. The van der Waals surface area contributed by atoms with Crippen LogP contribution in [0.4, 0.5) is 0 Å². The molecule has 0 heterocycles. The van der Waals surface area contributed by atoms with Gasteiger partial charge in [-0.1, -0.05) is 30.3 Å². The number of fused-ring (bicyclic) bond motifs is 1. The molecular weight excluding hydrogens is 256 g/mol. The number of rotatable bonds is 1. The van der Waals surface area contributed by atoms with Gasteiger partial charge in [-0.25, -0.2) is 0 Å². The van der Waals surface area contributed by atoms with Gasteiger partial charge >= 0.3 is 0 Å². The quantitative estimate of drug-likeness (QED) is 0.367. The number of carbonyl (C=O) groups is 1. The average Bonchev–Trinajstić information content (AvgIpc) is 2.36. The largest absolute Gasteiger partial charge is 0.370 e. The van der Waals surface area contributed by atoms with Crippen molar-refractivity contribution in [3.05, 3.63) is 48.0 Å². The summed E-state index contributed by atoms with van der Waals surface area (Å²) in [6.07, 6.45) is 0. The zero-order valence-electron chi connectivity index (χ0n) is 10.7. The van der Waals surface area contributed by atoms with Gasteiger partial charge in [0.15, 0.2) is 11.9 Å². The first kappa shape index (κ1) is 15.0. The Balaban J connectivity index is 0.000000444. The molecule has 1 amide bonds. The van der Waals surface area contributed by atoms with E-state index in [0.29, 0.717) is 5.56 Å². The zero-order chi connectivity index (χ0) is 15.1. The standard InChI is InChI=1S/C12H11N3O.CH5N3/c13-12(14)15-11(16)10-6-5-8-3-1-2-4-9(8)7-10;2-1(3)4/h1-7H,(H4,13,14,15,16);(H5,2,3,4). The van der Waals surface area contributed by atoms with Crippen LogP contribution < -0.4 is 22.9 Å². The fourth-order valence-corrected chi connectivity index (χ4v) is 1.50. The second kappa shape index (κ2) is 6.74. The van der Waals surface area contributed by atoms with Gasteiger partial charge in [0.05, 0.1) is 0 Å². The number of hydrogen-bond acceptors (Lipinski definition) is 2. The summed E-state index contributed by atoms with van der Waals surface area (Å²) < 4.78 is 0. The lowest BCUT2D eigenvalue weighted by Gasteiger charge is -2.00. The van der Waals surface area contributed by atoms with Gasteiger partial charge in [0.2, 0.25) is 0 Å². The van der Waals surface area contributed by atoms with Crippen LogP contribution in [0.15, 0.2) is 47.5 Å². The van der Waals surface area contributed by atoms with Crippen molar-refractivity contribution in [1.29, 1.82) is 5.41 Å². The Morgan fingerprint density at radius 1 is 0.950 bits per heavy atom. The van der Waals surface area contributed by atoms with Crippen LogP contribution in [0, 0.1) is 5.41 Å². The number of benzene rings is 2. The van der Waals surface area contributed by atoms with Gasteiger partial charge in [-0.3, -0.25) is 10.2 Å². The molecule has 7 heteroatoms. The van der Waals surface area contributed by atoms with Gasteiger partial charge in [0.25, 0.3) is 5.91 Å². The molecule has 0 fully saturated rings. The van der Waals surface area contributed by atoms with E-state index >= 15 is 0 Å². The third kappa shape index (κ3) is 4.65. The van der Waals surface area contributed by atoms with Crippen LogP contribution in [-0.2, 0) is 0 Å². The van der Waals surface area contributed by atoms with E-state index in [0.717, 1.165) is 10.8 Å². The molecule has 0 aliphatic carbocycles. The number of nitrogens with two attached hydrogens (primary N) is 4. The maximum atomic E-state index is 11.6. The summed E-state index contributed by atoms with van der Waals surface area (Å²) in [5.41, 5.74) is 19.7. The molecule has 0 bridgehead atoms. The zero-order valence-corrected chi connectivity index (χ0v) is 10.7. The molecule has 7 nitrogen and oxygen atoms in total. The van der Waals surface area contributed by atoms with Gasteiger partial charge in [-0.2, -0.15) is 4.99 Å². The Bertz CT molecular complexity index is 657. The molecule has 0 spiro atoms. The lowest BCUT2D eigenvalue weighted by Crippen LogP contribution is -2.24. The molecule has 0 aliphatic rings. The molecule has 0 radical (unpaired) electrons. The molecule has 0 unspecified atom stereocenters. The lowest BCUT2D eigenvalue weighted by molar-refractivity contribution is 0.100. The predicted octanol–water partition coefficient (Wildman–Crippen LogP) is 0.0920. The highest BCUT2D eigenvalue weighted by Gasteiger charge is 2.04. The number of hydrogen-bond donors (Lipinski definition) is 5. The van der Waals surface area contributed by atoms with Gasteiger partial charge < -0.3 is 22.9 Å². The van der Waals surface area contributed by atoms with Gasteiger partial charge in [-0.05, 0) is 22.9 Å². The Morgan fingerprint density at radius 3 is 2.05 bits per heavy atom. The maximum Gasteiger partial charge on any atom is 0.280 e. The van der Waals surface area contributed by atoms with Crippen molar-refractivity contribution in [2.24, 2.45) is 27.9 Å². The van der Waals surface area contributed by atoms with Crippen molar-refractivity contribution < 1.29 is 4.79 Å². The summed E-state index contributed by atoms with van der Waals surface area (Å²) in [4.78, 5) is 15.0. The summed E-state index contributed by atoms with van der Waals surface area (Å²) in [7, 11) is 0. The summed E-state index contributed by atoms with van der Waals surface area (Å²) in [6, 6.07) is 13.1. The Hall–Kier alpha value is -3.09. The van der Waals surface area contributed by atoms with E-state index in [1.54, 1.807) is 12.1 Å². The fraction of sp³-hybridized carbons (Fsp3) is 0. The first-order chi connectivity index (χ1) is 9.40. The smallest absolute Gasteiger partial charge is 0.280 e. The van der Waals surface area contributed by atoms with E-state index in [9.17, 15) is 4.79 Å². The number of amides is 1. The van der Waals surface area contributed by atoms with Gasteiger partial charge in [0, 0.05) is 5.56 Å². The van der Waals surface area contributed by atoms with E-state index in [-0.39, 0.29) is 11.9 Å². The first-order valence-corrected chi connectivity index (χ1v) is 5.62. The summed E-state index contributed by atoms with van der Waals surface area (Å²) in [5, 5.41) is 8.11. The predicted molar refractivity (Wildman–Crippen MR) is 80.2 cm³/mol. The summed E-state index contributed by atoms with van der Waals surface area (Å²) in [6.45, 7) is 0. The van der Waals surface area contributed by atoms with E-state index in [4.69, 9.17) is 16.9 Å². The Labute approximate surface area is 115 Å². The van der Waals surface area contributed by atoms with Crippen LogP contribution in [0.2, 0.25) is 0 Å². The van der Waals surface area contributed by atoms with Crippen molar-refractivity contribution in [3.63, 3.8) is 0 Å². The highest BCUT2D eigenvalue weighted by molar-refractivity contribution is 6.04. The number of carbonyl (C=O) groups excluding carboxylic acids is 1. The van der Waals surface area contributed by atoms with E-state index in [1.807, 2.05) is 30.3 Å². The molecule has 2 aromatic rings. The van der Waals surface area contributed by atoms with Crippen molar-refractivity contribution in [2.75, 3.05) is 0 Å². The van der Waals surface area contributed by atoms with Crippen LogP contribution in [-0.4, -0.2) is 17.8 Å². The van der Waals surface area contributed by atoms with Crippen LogP contribution >= 0.6 is 0 Å². The van der Waals surface area contributed by atoms with E-state index in [1.165, 1.54) is 0 Å². The SMILES string of the molecule is N=C(N)N.NC(N)=NC(=O)c1ccc2ccccc2c1. The highest BCUT2D eigenvalue weighted by Crippen LogP contribution is 2.16. The molecule has 0 aliphatic heterocycles. The monoisotopic (exact) mass is 272 g/mol. The molecule has 2 aromatic carbocycles. The van der Waals surface area contributed by atoms with Crippen molar-refractivity contribution in [3.8, 4) is 0 Å². The minimum atomic E-state index is -0.425. The second-order valence-corrected chi connectivity index (χ2v) is 3.86. The number of nitrogens with one attached hydrogen (secondary N) is 1. The van der Waals surface area contributed by atoms with Crippen LogP contribution in [0.3, 0.4) is 0 Å². The van der Waals surface area contributed by atoms with E-state index < -0.39 is 5.91 Å².